The minimum atomic E-state index is -1.05. The third kappa shape index (κ3) is 3.49. The molecule has 6 nitrogen and oxygen atoms in total. The molecule has 1 aliphatic heterocycles. The summed E-state index contributed by atoms with van der Waals surface area (Å²) < 4.78 is 5.26. The second-order valence-electron chi connectivity index (χ2n) is 4.69. The van der Waals surface area contributed by atoms with Gasteiger partial charge in [0.1, 0.15) is 0 Å². The van der Waals surface area contributed by atoms with Crippen molar-refractivity contribution in [2.75, 3.05) is 20.3 Å². The van der Waals surface area contributed by atoms with Gasteiger partial charge >= 0.3 is 12.0 Å². The Labute approximate surface area is 121 Å². The Morgan fingerprint density at radius 1 is 1.50 bits per heavy atom. The summed E-state index contributed by atoms with van der Waals surface area (Å²) in [4.78, 5) is 25.6. The number of hydrogen-bond acceptors (Lipinski definition) is 4. The van der Waals surface area contributed by atoms with Crippen molar-refractivity contribution in [2.45, 2.75) is 24.9 Å². The SMILES string of the molecule is CN(C(=O)NC(C(=O)O)c1cccs1)C1CCOCC1. The molecule has 0 radical (unpaired) electrons. The highest BCUT2D eigenvalue weighted by atomic mass is 32.1. The zero-order chi connectivity index (χ0) is 14.5. The van der Waals surface area contributed by atoms with E-state index < -0.39 is 12.0 Å². The van der Waals surface area contributed by atoms with E-state index in [1.807, 2.05) is 0 Å². The maximum absolute atomic E-state index is 12.2. The van der Waals surface area contributed by atoms with Crippen LogP contribution in [0.4, 0.5) is 4.79 Å². The van der Waals surface area contributed by atoms with Crippen LogP contribution in [0, 0.1) is 0 Å². The fourth-order valence-electron chi connectivity index (χ4n) is 2.17. The van der Waals surface area contributed by atoms with E-state index in [-0.39, 0.29) is 12.1 Å². The van der Waals surface area contributed by atoms with Gasteiger partial charge in [0.05, 0.1) is 0 Å². The summed E-state index contributed by atoms with van der Waals surface area (Å²) in [5.74, 6) is -1.05. The van der Waals surface area contributed by atoms with E-state index in [2.05, 4.69) is 5.32 Å². The minimum Gasteiger partial charge on any atom is -0.479 e. The van der Waals surface area contributed by atoms with Gasteiger partial charge in [-0.2, -0.15) is 0 Å². The van der Waals surface area contributed by atoms with Crippen molar-refractivity contribution >= 4 is 23.3 Å². The van der Waals surface area contributed by atoms with Crippen LogP contribution in [-0.4, -0.2) is 48.3 Å². The van der Waals surface area contributed by atoms with Crippen molar-refractivity contribution < 1.29 is 19.4 Å². The molecule has 1 atom stereocenters. The molecule has 1 aliphatic rings. The molecule has 1 fully saturated rings. The quantitative estimate of drug-likeness (QED) is 0.886. The molecule has 7 heteroatoms. The number of amides is 2. The number of carboxylic acid groups (broad SMARTS) is 1. The lowest BCUT2D eigenvalue weighted by Crippen LogP contribution is -2.47. The van der Waals surface area contributed by atoms with Gasteiger partial charge in [0.25, 0.3) is 0 Å². The normalized spacial score (nSPS) is 17.4. The number of nitrogens with zero attached hydrogens (tertiary/aromatic N) is 1. The lowest BCUT2D eigenvalue weighted by molar-refractivity contribution is -0.139. The van der Waals surface area contributed by atoms with Crippen LogP contribution in [0.2, 0.25) is 0 Å². The van der Waals surface area contributed by atoms with Crippen LogP contribution >= 0.6 is 11.3 Å². The van der Waals surface area contributed by atoms with Gasteiger partial charge in [-0.3, -0.25) is 0 Å². The first-order valence-electron chi connectivity index (χ1n) is 6.47. The Morgan fingerprint density at radius 2 is 2.20 bits per heavy atom. The summed E-state index contributed by atoms with van der Waals surface area (Å²) in [5.41, 5.74) is 0. The Morgan fingerprint density at radius 3 is 2.75 bits per heavy atom. The molecule has 110 valence electrons. The van der Waals surface area contributed by atoms with Crippen molar-refractivity contribution in [1.82, 2.24) is 10.2 Å². The highest BCUT2D eigenvalue weighted by molar-refractivity contribution is 7.10. The third-order valence-electron chi connectivity index (χ3n) is 3.40. The highest BCUT2D eigenvalue weighted by Gasteiger charge is 2.28. The van der Waals surface area contributed by atoms with Gasteiger partial charge < -0.3 is 20.1 Å². The molecule has 1 unspecified atom stereocenters. The molecular weight excluding hydrogens is 280 g/mol. The number of carbonyl (C=O) groups is 2. The summed E-state index contributed by atoms with van der Waals surface area (Å²) in [5, 5.41) is 13.6. The lowest BCUT2D eigenvalue weighted by atomic mass is 10.1. The Balaban J connectivity index is 1.99. The minimum absolute atomic E-state index is 0.0986. The number of urea groups is 1. The maximum Gasteiger partial charge on any atom is 0.331 e. The molecule has 0 bridgehead atoms. The van der Waals surface area contributed by atoms with Gasteiger partial charge in [-0.25, -0.2) is 9.59 Å². The molecule has 1 saturated heterocycles. The zero-order valence-electron chi connectivity index (χ0n) is 11.2. The maximum atomic E-state index is 12.2. The second kappa shape index (κ2) is 6.71. The first-order chi connectivity index (χ1) is 9.59. The van der Waals surface area contributed by atoms with Crippen molar-refractivity contribution in [3.8, 4) is 0 Å². The summed E-state index contributed by atoms with van der Waals surface area (Å²) in [6.07, 6.45) is 1.56. The number of aliphatic carboxylic acids is 1. The van der Waals surface area contributed by atoms with Crippen molar-refractivity contribution in [3.63, 3.8) is 0 Å². The summed E-state index contributed by atoms with van der Waals surface area (Å²) in [6, 6.07) is 2.21. The topological polar surface area (TPSA) is 78.9 Å². The van der Waals surface area contributed by atoms with Crippen LogP contribution in [0.15, 0.2) is 17.5 Å². The van der Waals surface area contributed by atoms with Crippen LogP contribution in [0.25, 0.3) is 0 Å². The van der Waals surface area contributed by atoms with Gasteiger partial charge in [-0.05, 0) is 24.3 Å². The van der Waals surface area contributed by atoms with Crippen LogP contribution in [0.1, 0.15) is 23.8 Å². The largest absolute Gasteiger partial charge is 0.479 e. The van der Waals surface area contributed by atoms with E-state index in [0.29, 0.717) is 18.1 Å². The van der Waals surface area contributed by atoms with Crippen LogP contribution in [0.5, 0.6) is 0 Å². The number of thiophene rings is 1. The van der Waals surface area contributed by atoms with Gasteiger partial charge in [0.15, 0.2) is 6.04 Å². The summed E-state index contributed by atoms with van der Waals surface area (Å²) in [6.45, 7) is 1.27. The first-order valence-corrected chi connectivity index (χ1v) is 7.35. The van der Waals surface area contributed by atoms with E-state index >= 15 is 0 Å². The van der Waals surface area contributed by atoms with Gasteiger partial charge in [0.2, 0.25) is 0 Å². The molecule has 0 saturated carbocycles. The van der Waals surface area contributed by atoms with Crippen molar-refractivity contribution in [3.05, 3.63) is 22.4 Å². The van der Waals surface area contributed by atoms with E-state index in [1.54, 1.807) is 29.5 Å². The van der Waals surface area contributed by atoms with Gasteiger partial charge in [0, 0.05) is 31.2 Å². The van der Waals surface area contributed by atoms with Crippen molar-refractivity contribution in [1.29, 1.82) is 0 Å². The molecular formula is C13H18N2O4S. The average Bonchev–Trinajstić information content (AvgIpc) is 2.98. The van der Waals surface area contributed by atoms with E-state index in [1.165, 1.54) is 11.3 Å². The molecule has 2 N–H and O–H groups in total. The molecule has 1 aromatic heterocycles. The Bertz CT molecular complexity index is 457. The number of nitrogens with one attached hydrogen (secondary N) is 1. The van der Waals surface area contributed by atoms with E-state index in [4.69, 9.17) is 4.74 Å². The van der Waals surface area contributed by atoms with Gasteiger partial charge in [-0.1, -0.05) is 6.07 Å². The molecule has 0 aliphatic carbocycles. The fourth-order valence-corrected chi connectivity index (χ4v) is 2.94. The number of carbonyl (C=O) groups excluding carboxylic acids is 1. The van der Waals surface area contributed by atoms with Crippen LogP contribution in [0.3, 0.4) is 0 Å². The Hall–Kier alpha value is -1.60. The molecule has 2 amide bonds. The molecule has 2 rings (SSSR count). The predicted molar refractivity (Wildman–Crippen MR) is 74.8 cm³/mol. The highest BCUT2D eigenvalue weighted by Crippen LogP contribution is 2.20. The summed E-state index contributed by atoms with van der Waals surface area (Å²) in [7, 11) is 1.69. The molecule has 2 heterocycles. The number of ether oxygens (including phenoxy) is 1. The molecule has 20 heavy (non-hydrogen) atoms. The number of rotatable bonds is 4. The lowest BCUT2D eigenvalue weighted by Gasteiger charge is -2.32. The van der Waals surface area contributed by atoms with Crippen LogP contribution in [-0.2, 0) is 9.53 Å². The smallest absolute Gasteiger partial charge is 0.331 e. The van der Waals surface area contributed by atoms with Gasteiger partial charge in [-0.15, -0.1) is 11.3 Å². The van der Waals surface area contributed by atoms with E-state index in [9.17, 15) is 14.7 Å². The fraction of sp³-hybridized carbons (Fsp3) is 0.538. The number of hydrogen-bond donors (Lipinski definition) is 2. The zero-order valence-corrected chi connectivity index (χ0v) is 12.1. The third-order valence-corrected chi connectivity index (χ3v) is 4.34. The number of carboxylic acids is 1. The van der Waals surface area contributed by atoms with E-state index in [0.717, 1.165) is 12.8 Å². The standard InChI is InChI=1S/C13H18N2O4S/c1-15(9-4-6-19-7-5-9)13(18)14-11(12(16)17)10-3-2-8-20-10/h2-3,8-9,11H,4-7H2,1H3,(H,14,18)(H,16,17). The first kappa shape index (κ1) is 14.8. The molecule has 0 spiro atoms. The molecule has 0 aromatic carbocycles. The van der Waals surface area contributed by atoms with Crippen molar-refractivity contribution in [2.24, 2.45) is 0 Å². The van der Waals surface area contributed by atoms with Crippen LogP contribution < -0.4 is 5.32 Å². The Kier molecular flexibility index (Phi) is 4.97. The average molecular weight is 298 g/mol. The monoisotopic (exact) mass is 298 g/mol. The summed E-state index contributed by atoms with van der Waals surface area (Å²) >= 11 is 1.31. The second-order valence-corrected chi connectivity index (χ2v) is 5.67. The molecule has 1 aromatic rings. The predicted octanol–water partition coefficient (Wildman–Crippen LogP) is 1.69.